The number of H-pyrrole nitrogens is 1. The number of nitrogens with one attached hydrogen (secondary N) is 2. The predicted molar refractivity (Wildman–Crippen MR) is 105 cm³/mol. The maximum absolute atomic E-state index is 13.6. The molecule has 0 bridgehead atoms. The molecule has 27 heavy (non-hydrogen) atoms. The molecule has 4 rings (SSSR count). The summed E-state index contributed by atoms with van der Waals surface area (Å²) >= 11 is 3.40. The second-order valence-corrected chi connectivity index (χ2v) is 7.10. The molecule has 0 aliphatic heterocycles. The van der Waals surface area contributed by atoms with Gasteiger partial charge in [-0.1, -0.05) is 6.07 Å². The first-order valence-electron chi connectivity index (χ1n) is 8.15. The molecule has 0 saturated heterocycles. The molecule has 136 valence electrons. The fourth-order valence-corrected chi connectivity index (χ4v) is 3.54. The largest absolute Gasteiger partial charge is 0.323 e. The van der Waals surface area contributed by atoms with Gasteiger partial charge in [-0.15, -0.1) is 0 Å². The monoisotopic (exact) mass is 428 g/mol. The molecule has 2 aromatic heterocycles. The highest BCUT2D eigenvalue weighted by Crippen LogP contribution is 2.24. The molecule has 2 aromatic carbocycles. The Hall–Kier alpha value is -3.00. The minimum absolute atomic E-state index is 0.204. The van der Waals surface area contributed by atoms with E-state index in [1.54, 1.807) is 12.1 Å². The van der Waals surface area contributed by atoms with Crippen molar-refractivity contribution in [2.24, 2.45) is 0 Å². The van der Waals surface area contributed by atoms with Crippen molar-refractivity contribution in [1.82, 2.24) is 14.8 Å². The van der Waals surface area contributed by atoms with Gasteiger partial charge in [-0.3, -0.25) is 19.7 Å². The number of hydrogen-bond acceptors (Lipinski definition) is 3. The van der Waals surface area contributed by atoms with Gasteiger partial charge in [0.1, 0.15) is 12.4 Å². The lowest BCUT2D eigenvalue weighted by molar-refractivity contribution is -0.116. The lowest BCUT2D eigenvalue weighted by Crippen LogP contribution is -2.26. The van der Waals surface area contributed by atoms with Crippen LogP contribution in [0.5, 0.6) is 0 Å². The van der Waals surface area contributed by atoms with Crippen molar-refractivity contribution < 1.29 is 9.18 Å². The van der Waals surface area contributed by atoms with E-state index in [1.807, 2.05) is 19.1 Å². The van der Waals surface area contributed by atoms with E-state index in [1.165, 1.54) is 23.0 Å². The van der Waals surface area contributed by atoms with Gasteiger partial charge in [0.2, 0.25) is 5.91 Å². The third-order valence-electron chi connectivity index (χ3n) is 4.25. The van der Waals surface area contributed by atoms with Gasteiger partial charge in [0, 0.05) is 16.1 Å². The molecule has 0 aliphatic carbocycles. The van der Waals surface area contributed by atoms with Crippen LogP contribution >= 0.6 is 15.9 Å². The van der Waals surface area contributed by atoms with Crippen LogP contribution in [0.15, 0.2) is 51.9 Å². The van der Waals surface area contributed by atoms with E-state index in [9.17, 15) is 14.0 Å². The van der Waals surface area contributed by atoms with Crippen LogP contribution in [0.2, 0.25) is 0 Å². The lowest BCUT2D eigenvalue weighted by atomic mass is 10.2. The number of fused-ring (bicyclic) bond motifs is 3. The summed E-state index contributed by atoms with van der Waals surface area (Å²) < 4.78 is 15.5. The summed E-state index contributed by atoms with van der Waals surface area (Å²) in [6.45, 7) is 1.74. The molecule has 0 aliphatic rings. The zero-order valence-corrected chi connectivity index (χ0v) is 15.8. The highest BCUT2D eigenvalue weighted by atomic mass is 79.9. The fourth-order valence-electron chi connectivity index (χ4n) is 2.94. The molecular weight excluding hydrogens is 415 g/mol. The first-order valence-corrected chi connectivity index (χ1v) is 8.94. The summed E-state index contributed by atoms with van der Waals surface area (Å²) in [5, 5.41) is 6.46. The van der Waals surface area contributed by atoms with Crippen molar-refractivity contribution in [3.05, 3.63) is 68.8 Å². The molecular formula is C19H14BrFN4O2. The van der Waals surface area contributed by atoms with Gasteiger partial charge in [0.05, 0.1) is 22.1 Å². The Kier molecular flexibility index (Phi) is 4.27. The lowest BCUT2D eigenvalue weighted by Gasteiger charge is -2.08. The van der Waals surface area contributed by atoms with E-state index in [0.29, 0.717) is 27.5 Å². The Labute approximate surface area is 161 Å². The highest BCUT2D eigenvalue weighted by Gasteiger charge is 2.14. The second-order valence-electron chi connectivity index (χ2n) is 6.24. The van der Waals surface area contributed by atoms with Crippen LogP contribution in [-0.2, 0) is 11.3 Å². The van der Waals surface area contributed by atoms with E-state index < -0.39 is 5.82 Å². The summed E-state index contributed by atoms with van der Waals surface area (Å²) in [6, 6.07) is 9.71. The molecule has 2 N–H and O–H groups in total. The Morgan fingerprint density at radius 3 is 2.85 bits per heavy atom. The van der Waals surface area contributed by atoms with Gasteiger partial charge in [0.25, 0.3) is 5.56 Å². The molecule has 0 radical (unpaired) electrons. The number of carbonyl (C=O) groups excluding carboxylic acids is 1. The maximum Gasteiger partial charge on any atom is 0.276 e. The number of benzene rings is 2. The maximum atomic E-state index is 13.6. The number of rotatable bonds is 3. The van der Waals surface area contributed by atoms with Crippen molar-refractivity contribution in [2.75, 3.05) is 5.32 Å². The number of aryl methyl sites for hydroxylation is 1. The second kappa shape index (κ2) is 6.62. The minimum atomic E-state index is -0.424. The van der Waals surface area contributed by atoms with Crippen LogP contribution in [0.3, 0.4) is 0 Å². The number of hydrogen-bond donors (Lipinski definition) is 2. The van der Waals surface area contributed by atoms with Gasteiger partial charge in [0.15, 0.2) is 0 Å². The molecule has 0 spiro atoms. The van der Waals surface area contributed by atoms with Crippen molar-refractivity contribution in [1.29, 1.82) is 0 Å². The van der Waals surface area contributed by atoms with Crippen molar-refractivity contribution in [2.45, 2.75) is 13.5 Å². The average molecular weight is 429 g/mol. The molecule has 1 amide bonds. The third kappa shape index (κ3) is 3.23. The van der Waals surface area contributed by atoms with E-state index in [4.69, 9.17) is 0 Å². The minimum Gasteiger partial charge on any atom is -0.323 e. The van der Waals surface area contributed by atoms with Crippen molar-refractivity contribution in [3.63, 3.8) is 0 Å². The van der Waals surface area contributed by atoms with Gasteiger partial charge in [-0.25, -0.2) is 9.07 Å². The predicted octanol–water partition coefficient (Wildman–Crippen LogP) is 3.73. The van der Waals surface area contributed by atoms with Gasteiger partial charge < -0.3 is 5.32 Å². The Morgan fingerprint density at radius 2 is 2.07 bits per heavy atom. The number of aromatic amines is 1. The number of aromatic nitrogens is 3. The van der Waals surface area contributed by atoms with Crippen molar-refractivity contribution >= 4 is 49.3 Å². The van der Waals surface area contributed by atoms with Crippen LogP contribution in [-0.4, -0.2) is 20.7 Å². The first-order chi connectivity index (χ1) is 12.9. The molecule has 8 heteroatoms. The van der Waals surface area contributed by atoms with E-state index in [2.05, 4.69) is 31.3 Å². The van der Waals surface area contributed by atoms with E-state index >= 15 is 0 Å². The smallest absolute Gasteiger partial charge is 0.276 e. The molecule has 0 saturated carbocycles. The van der Waals surface area contributed by atoms with Crippen LogP contribution in [0.1, 0.15) is 5.56 Å². The normalized spacial score (nSPS) is 11.2. The van der Waals surface area contributed by atoms with E-state index in [0.717, 1.165) is 10.0 Å². The van der Waals surface area contributed by atoms with Crippen LogP contribution in [0.4, 0.5) is 10.1 Å². The van der Waals surface area contributed by atoms with Crippen molar-refractivity contribution in [3.8, 4) is 0 Å². The van der Waals surface area contributed by atoms with Crippen LogP contribution < -0.4 is 10.9 Å². The van der Waals surface area contributed by atoms with Gasteiger partial charge in [-0.2, -0.15) is 0 Å². The molecule has 0 fully saturated rings. The summed E-state index contributed by atoms with van der Waals surface area (Å²) in [5.74, 6) is -0.788. The zero-order chi connectivity index (χ0) is 19.1. The topological polar surface area (TPSA) is 79.8 Å². The number of pyridine rings is 1. The number of amides is 1. The standard InChI is InChI=1S/C19H14BrFN4O2/c1-10-2-4-16(14(20)6-10)23-17(26)9-25-19(27)13-8-22-15-5-3-11(21)7-12(15)18(13)24-25/h2-8,24H,9H2,1H3,(H,23,26). The Bertz CT molecular complexity index is 1260. The molecule has 6 nitrogen and oxygen atoms in total. The quantitative estimate of drug-likeness (QED) is 0.521. The summed E-state index contributed by atoms with van der Waals surface area (Å²) in [6.07, 6.45) is 1.43. The van der Waals surface area contributed by atoms with Crippen LogP contribution in [0, 0.1) is 12.7 Å². The number of nitrogens with zero attached hydrogens (tertiary/aromatic N) is 2. The zero-order valence-electron chi connectivity index (χ0n) is 14.2. The number of halogens is 2. The molecule has 0 atom stereocenters. The third-order valence-corrected chi connectivity index (χ3v) is 4.91. The summed E-state index contributed by atoms with van der Waals surface area (Å²) in [4.78, 5) is 29.1. The fraction of sp³-hybridized carbons (Fsp3) is 0.105. The molecule has 4 aromatic rings. The highest BCUT2D eigenvalue weighted by molar-refractivity contribution is 9.10. The summed E-state index contributed by atoms with van der Waals surface area (Å²) in [5.41, 5.74) is 2.29. The molecule has 2 heterocycles. The first kappa shape index (κ1) is 17.4. The van der Waals surface area contributed by atoms with E-state index in [-0.39, 0.29) is 18.0 Å². The summed E-state index contributed by atoms with van der Waals surface area (Å²) in [7, 11) is 0. The number of carbonyl (C=O) groups is 1. The Balaban J connectivity index is 1.68. The average Bonchev–Trinajstić information content (AvgIpc) is 2.94. The SMILES string of the molecule is Cc1ccc(NC(=O)Cn2[nH]c3c(cnc4ccc(F)cc43)c2=O)c(Br)c1. The van der Waals surface area contributed by atoms with Gasteiger partial charge >= 0.3 is 0 Å². The van der Waals surface area contributed by atoms with Gasteiger partial charge in [-0.05, 0) is 58.7 Å². The molecule has 0 unspecified atom stereocenters. The Morgan fingerprint density at radius 1 is 1.26 bits per heavy atom. The number of anilines is 1. The van der Waals surface area contributed by atoms with Crippen LogP contribution in [0.25, 0.3) is 21.8 Å².